The van der Waals surface area contributed by atoms with Crippen LogP contribution in [0, 0.1) is 0 Å². The number of carbonyl (C=O) groups is 1. The van der Waals surface area contributed by atoms with Crippen molar-refractivity contribution in [2.24, 2.45) is 0 Å². The van der Waals surface area contributed by atoms with Crippen LogP contribution in [0.2, 0.25) is 0 Å². The summed E-state index contributed by atoms with van der Waals surface area (Å²) >= 11 is 18.6. The van der Waals surface area contributed by atoms with E-state index >= 15 is 0 Å². The van der Waals surface area contributed by atoms with E-state index in [4.69, 9.17) is 44.3 Å². The first-order valence-corrected chi connectivity index (χ1v) is 15.3. The van der Waals surface area contributed by atoms with Crippen LogP contribution in [0.5, 0.6) is 0 Å². The van der Waals surface area contributed by atoms with E-state index in [0.717, 1.165) is 33.4 Å². The van der Waals surface area contributed by atoms with E-state index in [1.54, 1.807) is 30.2 Å². The van der Waals surface area contributed by atoms with E-state index in [2.05, 4.69) is 15.3 Å². The van der Waals surface area contributed by atoms with Crippen LogP contribution in [0.1, 0.15) is 41.1 Å². The molecule has 0 spiro atoms. The number of carbonyl (C=O) groups excluding carboxylic acids is 1. The molecule has 4 aromatic rings. The van der Waals surface area contributed by atoms with Gasteiger partial charge in [-0.3, -0.25) is 4.79 Å². The van der Waals surface area contributed by atoms with Gasteiger partial charge in [0.2, 0.25) is 0 Å². The first-order chi connectivity index (χ1) is 20.3. The molecule has 2 heterocycles. The van der Waals surface area contributed by atoms with Gasteiger partial charge in [-0.25, -0.2) is 9.97 Å². The van der Waals surface area contributed by atoms with Crippen molar-refractivity contribution in [2.75, 3.05) is 5.75 Å². The van der Waals surface area contributed by atoms with Gasteiger partial charge in [0.05, 0.1) is 18.8 Å². The molecule has 0 aliphatic carbocycles. The van der Waals surface area contributed by atoms with Crippen molar-refractivity contribution in [3.05, 3.63) is 114 Å². The summed E-state index contributed by atoms with van der Waals surface area (Å²) in [5, 5.41) is 12.8. The molecule has 218 valence electrons. The standard InChI is InChI=1S/C31H28Cl3N3O4S/c32-31(33,34)29(39)37-17-21-4-1-5-23(14-21)24-6-2-7-25(15-24)28-40-26(19-42-30-35-12-3-13-36-30)16-27(41-28)22-10-8-20(18-38)9-11-22/h1-15,26-28,38H,16-19H2,(H,37,39)/t26-,27+,28+/m0/s1. The highest BCUT2D eigenvalue weighted by molar-refractivity contribution is 7.99. The highest BCUT2D eigenvalue weighted by Crippen LogP contribution is 2.40. The number of halogens is 3. The van der Waals surface area contributed by atoms with Gasteiger partial charge in [-0.15, -0.1) is 0 Å². The van der Waals surface area contributed by atoms with Gasteiger partial charge < -0.3 is 19.9 Å². The second-order valence-corrected chi connectivity index (χ2v) is 13.0. The Morgan fingerprint density at radius 2 is 1.62 bits per heavy atom. The number of aromatic nitrogens is 2. The number of thioether (sulfide) groups is 1. The molecule has 1 amide bonds. The molecular formula is C31H28Cl3N3O4S. The zero-order chi connectivity index (χ0) is 29.5. The first-order valence-electron chi connectivity index (χ1n) is 13.2. The molecule has 1 fully saturated rings. The maximum atomic E-state index is 12.0. The maximum Gasteiger partial charge on any atom is 0.272 e. The Balaban J connectivity index is 1.36. The molecule has 0 bridgehead atoms. The second-order valence-electron chi connectivity index (χ2n) is 9.70. The van der Waals surface area contributed by atoms with Crippen LogP contribution in [0.3, 0.4) is 0 Å². The Kier molecular flexibility index (Phi) is 10.4. The van der Waals surface area contributed by atoms with E-state index in [9.17, 15) is 9.90 Å². The van der Waals surface area contributed by atoms with Crippen LogP contribution in [0.4, 0.5) is 0 Å². The molecule has 5 rings (SSSR count). The molecule has 1 aliphatic heterocycles. The zero-order valence-corrected chi connectivity index (χ0v) is 25.4. The molecule has 2 N–H and O–H groups in total. The Morgan fingerprint density at radius 1 is 0.905 bits per heavy atom. The summed E-state index contributed by atoms with van der Waals surface area (Å²) in [6.07, 6.45) is 3.19. The Morgan fingerprint density at radius 3 is 2.33 bits per heavy atom. The summed E-state index contributed by atoms with van der Waals surface area (Å²) < 4.78 is 11.0. The number of alkyl halides is 3. The maximum absolute atomic E-state index is 12.0. The molecule has 1 aromatic heterocycles. The Labute approximate surface area is 263 Å². The molecule has 0 saturated carbocycles. The summed E-state index contributed by atoms with van der Waals surface area (Å²) in [4.78, 5) is 20.6. The van der Waals surface area contributed by atoms with Crippen molar-refractivity contribution in [3.63, 3.8) is 0 Å². The molecule has 3 aromatic carbocycles. The largest absolute Gasteiger partial charge is 0.392 e. The van der Waals surface area contributed by atoms with Crippen molar-refractivity contribution in [1.29, 1.82) is 0 Å². The number of hydrogen-bond acceptors (Lipinski definition) is 7. The molecule has 3 atom stereocenters. The molecule has 0 unspecified atom stereocenters. The van der Waals surface area contributed by atoms with Gasteiger partial charge in [-0.05, 0) is 46.0 Å². The summed E-state index contributed by atoms with van der Waals surface area (Å²) in [7, 11) is 0. The summed E-state index contributed by atoms with van der Waals surface area (Å²) in [6, 6.07) is 25.4. The van der Waals surface area contributed by atoms with Gasteiger partial charge in [-0.1, -0.05) is 107 Å². The number of aliphatic hydroxyl groups is 1. The van der Waals surface area contributed by atoms with Crippen molar-refractivity contribution < 1.29 is 19.4 Å². The fourth-order valence-electron chi connectivity index (χ4n) is 4.56. The molecule has 11 heteroatoms. The number of ether oxygens (including phenoxy) is 2. The number of nitrogens with one attached hydrogen (secondary N) is 1. The quantitative estimate of drug-likeness (QED) is 0.116. The summed E-state index contributed by atoms with van der Waals surface area (Å²) in [5.74, 6) is -0.0184. The first kappa shape index (κ1) is 30.8. The van der Waals surface area contributed by atoms with Crippen LogP contribution in [-0.4, -0.2) is 36.6 Å². The summed E-state index contributed by atoms with van der Waals surface area (Å²) in [5.41, 5.74) is 5.53. The van der Waals surface area contributed by atoms with Gasteiger partial charge in [0.1, 0.15) is 0 Å². The van der Waals surface area contributed by atoms with Crippen LogP contribution in [-0.2, 0) is 27.4 Å². The van der Waals surface area contributed by atoms with E-state index in [0.29, 0.717) is 17.3 Å². The van der Waals surface area contributed by atoms with Crippen LogP contribution in [0.25, 0.3) is 11.1 Å². The number of aliphatic hydroxyl groups excluding tert-OH is 1. The van der Waals surface area contributed by atoms with Crippen LogP contribution < -0.4 is 5.32 Å². The average molecular weight is 645 g/mol. The Bertz CT molecular complexity index is 1490. The second kappa shape index (κ2) is 14.2. The van der Waals surface area contributed by atoms with E-state index in [1.807, 2.05) is 72.8 Å². The highest BCUT2D eigenvalue weighted by atomic mass is 35.6. The third-order valence-corrected chi connectivity index (χ3v) is 8.21. The molecular weight excluding hydrogens is 617 g/mol. The van der Waals surface area contributed by atoms with Crippen molar-refractivity contribution in [2.45, 2.75) is 47.0 Å². The van der Waals surface area contributed by atoms with E-state index < -0.39 is 16.0 Å². The lowest BCUT2D eigenvalue weighted by Gasteiger charge is -2.36. The lowest BCUT2D eigenvalue weighted by molar-refractivity contribution is -0.245. The number of hydrogen-bond donors (Lipinski definition) is 2. The number of rotatable bonds is 9. The monoisotopic (exact) mass is 643 g/mol. The molecule has 42 heavy (non-hydrogen) atoms. The van der Waals surface area contributed by atoms with Crippen molar-refractivity contribution in [3.8, 4) is 11.1 Å². The molecule has 1 aliphatic rings. The number of amides is 1. The van der Waals surface area contributed by atoms with Gasteiger partial charge in [0.25, 0.3) is 9.70 Å². The lowest BCUT2D eigenvalue weighted by atomic mass is 9.99. The zero-order valence-electron chi connectivity index (χ0n) is 22.3. The minimum absolute atomic E-state index is 0.0127. The van der Waals surface area contributed by atoms with Gasteiger partial charge in [-0.2, -0.15) is 0 Å². The third-order valence-electron chi connectivity index (χ3n) is 6.69. The van der Waals surface area contributed by atoms with Crippen LogP contribution >= 0.6 is 46.6 Å². The minimum atomic E-state index is -2.02. The van der Waals surface area contributed by atoms with E-state index in [-0.39, 0.29) is 25.4 Å². The fourth-order valence-corrected chi connectivity index (χ4v) is 5.58. The van der Waals surface area contributed by atoms with Gasteiger partial charge >= 0.3 is 0 Å². The fraction of sp³-hybridized carbons (Fsp3) is 0.258. The SMILES string of the molecule is O=C(NCc1cccc(-c2cccc([C@@H]3O[C@H](CSc4ncccn4)C[C@H](c4ccc(CO)cc4)O3)c2)c1)C(Cl)(Cl)Cl. The van der Waals surface area contributed by atoms with Gasteiger partial charge in [0.15, 0.2) is 11.4 Å². The van der Waals surface area contributed by atoms with Gasteiger partial charge in [0, 0.05) is 36.7 Å². The number of benzene rings is 3. The molecule has 0 radical (unpaired) electrons. The average Bonchev–Trinajstić information content (AvgIpc) is 3.03. The van der Waals surface area contributed by atoms with Crippen LogP contribution in [0.15, 0.2) is 96.4 Å². The van der Waals surface area contributed by atoms with Crippen molar-refractivity contribution in [1.82, 2.24) is 15.3 Å². The highest BCUT2D eigenvalue weighted by Gasteiger charge is 2.33. The molecule has 1 saturated heterocycles. The predicted molar refractivity (Wildman–Crippen MR) is 165 cm³/mol. The smallest absolute Gasteiger partial charge is 0.272 e. The normalized spacial score (nSPS) is 18.9. The Hall–Kier alpha value is -2.69. The number of nitrogens with zero attached hydrogens (tertiary/aromatic N) is 2. The predicted octanol–water partition coefficient (Wildman–Crippen LogP) is 6.96. The summed E-state index contributed by atoms with van der Waals surface area (Å²) in [6.45, 7) is 0.206. The van der Waals surface area contributed by atoms with E-state index in [1.165, 1.54) is 0 Å². The lowest BCUT2D eigenvalue weighted by Crippen LogP contribution is -2.33. The molecule has 7 nitrogen and oxygen atoms in total. The topological polar surface area (TPSA) is 93.6 Å². The minimum Gasteiger partial charge on any atom is -0.392 e. The van der Waals surface area contributed by atoms with Crippen molar-refractivity contribution >= 4 is 52.5 Å². The third kappa shape index (κ3) is 8.23.